The van der Waals surface area contributed by atoms with Gasteiger partial charge in [0.25, 0.3) is 0 Å². The van der Waals surface area contributed by atoms with Gasteiger partial charge in [0.05, 0.1) is 5.69 Å². The van der Waals surface area contributed by atoms with Crippen LogP contribution < -0.4 is 10.3 Å². The Morgan fingerprint density at radius 1 is 1.00 bits per heavy atom. The SMILES string of the molecule is CN1CCN(c2cccccc2=O)CC1. The van der Waals surface area contributed by atoms with E-state index in [0.29, 0.717) is 0 Å². The molecule has 0 aromatic heterocycles. The van der Waals surface area contributed by atoms with Gasteiger partial charge in [0.1, 0.15) is 0 Å². The molecule has 1 aromatic carbocycles. The Hall–Kier alpha value is -1.35. The molecule has 0 amide bonds. The number of piperazine rings is 1. The normalized spacial score (nSPS) is 17.8. The minimum Gasteiger partial charge on any atom is -0.366 e. The fourth-order valence-corrected chi connectivity index (χ4v) is 1.83. The quantitative estimate of drug-likeness (QED) is 0.676. The van der Waals surface area contributed by atoms with Crippen LogP contribution in [0.1, 0.15) is 0 Å². The summed E-state index contributed by atoms with van der Waals surface area (Å²) >= 11 is 0. The predicted molar refractivity (Wildman–Crippen MR) is 62.4 cm³/mol. The molecular weight excluding hydrogens is 188 g/mol. The second kappa shape index (κ2) is 4.45. The third-order valence-electron chi connectivity index (χ3n) is 2.82. The van der Waals surface area contributed by atoms with Gasteiger partial charge in [0.2, 0.25) is 5.43 Å². The second-order valence-corrected chi connectivity index (χ2v) is 3.95. The van der Waals surface area contributed by atoms with Crippen LogP contribution in [-0.2, 0) is 0 Å². The zero-order chi connectivity index (χ0) is 10.7. The van der Waals surface area contributed by atoms with Crippen LogP contribution in [0, 0.1) is 0 Å². The van der Waals surface area contributed by atoms with Crippen molar-refractivity contribution in [1.29, 1.82) is 0 Å². The standard InChI is InChI=1S/C12H16N2O/c1-13-7-9-14(10-8-13)11-5-3-2-4-6-12(11)15/h2-6H,7-10H2,1H3. The highest BCUT2D eigenvalue weighted by Gasteiger charge is 2.15. The average molecular weight is 204 g/mol. The largest absolute Gasteiger partial charge is 0.366 e. The van der Waals surface area contributed by atoms with Gasteiger partial charge in [0.15, 0.2) is 0 Å². The summed E-state index contributed by atoms with van der Waals surface area (Å²) in [5, 5.41) is 0. The van der Waals surface area contributed by atoms with Crippen LogP contribution in [0.5, 0.6) is 0 Å². The van der Waals surface area contributed by atoms with Crippen LogP contribution in [0.25, 0.3) is 0 Å². The Labute approximate surface area is 89.9 Å². The van der Waals surface area contributed by atoms with Gasteiger partial charge in [-0.05, 0) is 19.2 Å². The monoisotopic (exact) mass is 204 g/mol. The Balaban J connectivity index is 2.24. The molecule has 0 aliphatic carbocycles. The van der Waals surface area contributed by atoms with Crippen molar-refractivity contribution < 1.29 is 0 Å². The number of hydrogen-bond donors (Lipinski definition) is 0. The molecule has 0 radical (unpaired) electrons. The van der Waals surface area contributed by atoms with E-state index in [1.807, 2.05) is 18.2 Å². The maximum atomic E-state index is 11.7. The van der Waals surface area contributed by atoms with Crippen LogP contribution in [0.15, 0.2) is 35.1 Å². The predicted octanol–water partition coefficient (Wildman–Crippen LogP) is 0.799. The maximum Gasteiger partial charge on any atom is 0.201 e. The van der Waals surface area contributed by atoms with Crippen molar-refractivity contribution in [3.05, 3.63) is 40.6 Å². The first-order chi connectivity index (χ1) is 7.27. The zero-order valence-electron chi connectivity index (χ0n) is 9.02. The van der Waals surface area contributed by atoms with Crippen molar-refractivity contribution in [2.75, 3.05) is 38.1 Å². The molecule has 0 N–H and O–H groups in total. The highest BCUT2D eigenvalue weighted by atomic mass is 16.1. The van der Waals surface area contributed by atoms with Crippen molar-refractivity contribution in [3.8, 4) is 0 Å². The molecular formula is C12H16N2O. The van der Waals surface area contributed by atoms with E-state index in [0.717, 1.165) is 31.9 Å². The summed E-state index contributed by atoms with van der Waals surface area (Å²) in [5.74, 6) is 0. The molecule has 0 atom stereocenters. The van der Waals surface area contributed by atoms with Gasteiger partial charge >= 0.3 is 0 Å². The van der Waals surface area contributed by atoms with Gasteiger partial charge < -0.3 is 9.80 Å². The van der Waals surface area contributed by atoms with Crippen LogP contribution in [0.2, 0.25) is 0 Å². The third-order valence-corrected chi connectivity index (χ3v) is 2.82. The van der Waals surface area contributed by atoms with Crippen LogP contribution in [-0.4, -0.2) is 38.1 Å². The minimum absolute atomic E-state index is 0.115. The van der Waals surface area contributed by atoms with E-state index >= 15 is 0 Å². The van der Waals surface area contributed by atoms with Crippen LogP contribution >= 0.6 is 0 Å². The second-order valence-electron chi connectivity index (χ2n) is 3.95. The molecule has 80 valence electrons. The molecule has 1 heterocycles. The molecule has 1 aromatic rings. The number of anilines is 1. The van der Waals surface area contributed by atoms with Gasteiger partial charge in [-0.25, -0.2) is 0 Å². The summed E-state index contributed by atoms with van der Waals surface area (Å²) in [7, 11) is 2.11. The Morgan fingerprint density at radius 3 is 2.40 bits per heavy atom. The van der Waals surface area contributed by atoms with E-state index in [-0.39, 0.29) is 5.43 Å². The van der Waals surface area contributed by atoms with Crippen LogP contribution in [0.4, 0.5) is 5.69 Å². The number of likely N-dealkylation sites (N-methyl/N-ethyl adjacent to an activating group) is 1. The lowest BCUT2D eigenvalue weighted by Gasteiger charge is -2.33. The summed E-state index contributed by atoms with van der Waals surface area (Å²) in [4.78, 5) is 16.2. The highest BCUT2D eigenvalue weighted by molar-refractivity contribution is 5.45. The zero-order valence-corrected chi connectivity index (χ0v) is 9.02. The molecule has 3 nitrogen and oxygen atoms in total. The van der Waals surface area contributed by atoms with Gasteiger partial charge in [-0.15, -0.1) is 0 Å². The number of hydrogen-bond acceptors (Lipinski definition) is 3. The molecule has 0 spiro atoms. The van der Waals surface area contributed by atoms with E-state index in [9.17, 15) is 4.79 Å². The molecule has 0 saturated carbocycles. The van der Waals surface area contributed by atoms with E-state index in [1.54, 1.807) is 12.1 Å². The van der Waals surface area contributed by atoms with E-state index in [4.69, 9.17) is 0 Å². The fourth-order valence-electron chi connectivity index (χ4n) is 1.83. The number of rotatable bonds is 1. The molecule has 1 aliphatic heterocycles. The van der Waals surface area contributed by atoms with E-state index in [2.05, 4.69) is 16.8 Å². The first kappa shape index (κ1) is 10.2. The molecule has 1 fully saturated rings. The number of nitrogens with zero attached hydrogens (tertiary/aromatic N) is 2. The average Bonchev–Trinajstić information content (AvgIpc) is 2.44. The smallest absolute Gasteiger partial charge is 0.201 e. The fraction of sp³-hybridized carbons (Fsp3) is 0.417. The molecule has 0 bridgehead atoms. The topological polar surface area (TPSA) is 23.6 Å². The minimum atomic E-state index is 0.115. The van der Waals surface area contributed by atoms with Gasteiger partial charge in [-0.1, -0.05) is 18.2 Å². The summed E-state index contributed by atoms with van der Waals surface area (Å²) in [6.07, 6.45) is 0. The first-order valence-electron chi connectivity index (χ1n) is 5.30. The van der Waals surface area contributed by atoms with Gasteiger partial charge in [-0.3, -0.25) is 4.79 Å². The molecule has 2 rings (SSSR count). The van der Waals surface area contributed by atoms with Gasteiger partial charge in [-0.2, -0.15) is 0 Å². The molecule has 1 aliphatic rings. The Bertz CT molecular complexity index is 383. The summed E-state index contributed by atoms with van der Waals surface area (Å²) in [6, 6.07) is 9.15. The lowest BCUT2D eigenvalue weighted by atomic mass is 10.3. The Morgan fingerprint density at radius 2 is 1.67 bits per heavy atom. The maximum absolute atomic E-state index is 11.7. The van der Waals surface area contributed by atoms with Crippen LogP contribution in [0.3, 0.4) is 0 Å². The summed E-state index contributed by atoms with van der Waals surface area (Å²) < 4.78 is 0. The molecule has 15 heavy (non-hydrogen) atoms. The van der Waals surface area contributed by atoms with E-state index in [1.165, 1.54) is 0 Å². The molecule has 1 saturated heterocycles. The van der Waals surface area contributed by atoms with Crippen molar-refractivity contribution >= 4 is 5.69 Å². The highest BCUT2D eigenvalue weighted by Crippen LogP contribution is 2.09. The van der Waals surface area contributed by atoms with Crippen molar-refractivity contribution in [2.45, 2.75) is 0 Å². The van der Waals surface area contributed by atoms with Gasteiger partial charge in [0, 0.05) is 26.2 Å². The van der Waals surface area contributed by atoms with Crippen molar-refractivity contribution in [3.63, 3.8) is 0 Å². The molecule has 0 unspecified atom stereocenters. The summed E-state index contributed by atoms with van der Waals surface area (Å²) in [5.41, 5.74) is 0.942. The molecule has 3 heteroatoms. The van der Waals surface area contributed by atoms with Crippen molar-refractivity contribution in [2.24, 2.45) is 0 Å². The van der Waals surface area contributed by atoms with E-state index < -0.39 is 0 Å². The lowest BCUT2D eigenvalue weighted by Crippen LogP contribution is -2.45. The Kier molecular flexibility index (Phi) is 3.02. The van der Waals surface area contributed by atoms with Crippen molar-refractivity contribution in [1.82, 2.24) is 4.90 Å². The lowest BCUT2D eigenvalue weighted by molar-refractivity contribution is 0.312. The first-order valence-corrected chi connectivity index (χ1v) is 5.30. The summed E-state index contributed by atoms with van der Waals surface area (Å²) in [6.45, 7) is 3.93. The third kappa shape index (κ3) is 2.36.